The van der Waals surface area contributed by atoms with Crippen molar-refractivity contribution in [3.05, 3.63) is 29.8 Å². The Kier molecular flexibility index (Phi) is 3.97. The van der Waals surface area contributed by atoms with Gasteiger partial charge >= 0.3 is 6.18 Å². The highest BCUT2D eigenvalue weighted by atomic mass is 32.2. The predicted octanol–water partition coefficient (Wildman–Crippen LogP) is 0.626. The monoisotopic (exact) mass is 282 g/mol. The van der Waals surface area contributed by atoms with Crippen LogP contribution in [0.5, 0.6) is 0 Å². The smallest absolute Gasteiger partial charge is 0.343 e. The average Bonchev–Trinajstić information content (AvgIpc) is 2.24. The molecular weight excluding hydrogens is 273 g/mol. The van der Waals surface area contributed by atoms with Gasteiger partial charge in [0.05, 0.1) is 4.90 Å². The lowest BCUT2D eigenvalue weighted by atomic mass is 10.2. The standard InChI is InChI=1S/C9H9F3N2O3S/c10-9(11,12)5-14-8(15)6-2-1-3-7(4-6)18(13,16)17/h1-4H,5H2,(H,14,15)(H2,13,16,17). The van der Waals surface area contributed by atoms with Crippen molar-refractivity contribution in [3.8, 4) is 0 Å². The van der Waals surface area contributed by atoms with Gasteiger partial charge in [0.1, 0.15) is 6.54 Å². The molecule has 0 saturated heterocycles. The molecule has 1 amide bonds. The van der Waals surface area contributed by atoms with E-state index in [-0.39, 0.29) is 10.5 Å². The van der Waals surface area contributed by atoms with E-state index < -0.39 is 28.7 Å². The van der Waals surface area contributed by atoms with E-state index >= 15 is 0 Å². The number of carbonyl (C=O) groups excluding carboxylic acids is 1. The second-order valence-electron chi connectivity index (χ2n) is 3.37. The van der Waals surface area contributed by atoms with Gasteiger partial charge in [-0.15, -0.1) is 0 Å². The number of amides is 1. The van der Waals surface area contributed by atoms with E-state index in [2.05, 4.69) is 0 Å². The number of rotatable bonds is 3. The van der Waals surface area contributed by atoms with Crippen LogP contribution in [0.25, 0.3) is 0 Å². The van der Waals surface area contributed by atoms with Gasteiger partial charge in [0.25, 0.3) is 5.91 Å². The van der Waals surface area contributed by atoms with E-state index in [1.54, 1.807) is 5.32 Å². The maximum atomic E-state index is 11.9. The van der Waals surface area contributed by atoms with Crippen molar-refractivity contribution >= 4 is 15.9 Å². The van der Waals surface area contributed by atoms with E-state index in [0.717, 1.165) is 12.1 Å². The number of nitrogens with two attached hydrogens (primary N) is 1. The number of nitrogens with one attached hydrogen (secondary N) is 1. The lowest BCUT2D eigenvalue weighted by Gasteiger charge is -2.08. The molecule has 0 aliphatic rings. The van der Waals surface area contributed by atoms with Crippen molar-refractivity contribution in [2.45, 2.75) is 11.1 Å². The zero-order valence-electron chi connectivity index (χ0n) is 8.86. The molecule has 0 radical (unpaired) electrons. The summed E-state index contributed by atoms with van der Waals surface area (Å²) in [5, 5.41) is 6.45. The quantitative estimate of drug-likeness (QED) is 0.852. The molecule has 0 aliphatic carbocycles. The molecule has 0 saturated carbocycles. The van der Waals surface area contributed by atoms with Crippen LogP contribution in [0.4, 0.5) is 13.2 Å². The topological polar surface area (TPSA) is 89.3 Å². The average molecular weight is 282 g/mol. The summed E-state index contributed by atoms with van der Waals surface area (Å²) >= 11 is 0. The van der Waals surface area contributed by atoms with Crippen molar-refractivity contribution < 1.29 is 26.4 Å². The van der Waals surface area contributed by atoms with Crippen LogP contribution < -0.4 is 10.5 Å². The van der Waals surface area contributed by atoms with Gasteiger partial charge in [-0.25, -0.2) is 13.6 Å². The molecule has 1 aromatic carbocycles. The Hall–Kier alpha value is -1.61. The molecule has 0 spiro atoms. The second-order valence-corrected chi connectivity index (χ2v) is 4.93. The van der Waals surface area contributed by atoms with E-state index in [1.807, 2.05) is 0 Å². The van der Waals surface area contributed by atoms with Gasteiger partial charge in [-0.3, -0.25) is 4.79 Å². The molecule has 1 rings (SSSR count). The fraction of sp³-hybridized carbons (Fsp3) is 0.222. The van der Waals surface area contributed by atoms with E-state index in [9.17, 15) is 26.4 Å². The Bertz CT molecular complexity index is 554. The van der Waals surface area contributed by atoms with Gasteiger partial charge in [0.15, 0.2) is 0 Å². The summed E-state index contributed by atoms with van der Waals surface area (Å²) in [7, 11) is -4.00. The number of primary sulfonamides is 1. The zero-order chi connectivity index (χ0) is 14.0. The van der Waals surface area contributed by atoms with Crippen LogP contribution in [0, 0.1) is 0 Å². The summed E-state index contributed by atoms with van der Waals surface area (Å²) in [6.07, 6.45) is -4.53. The van der Waals surface area contributed by atoms with Crippen LogP contribution in [0.15, 0.2) is 29.2 Å². The number of carbonyl (C=O) groups is 1. The summed E-state index contributed by atoms with van der Waals surface area (Å²) in [6, 6.07) is 4.43. The summed E-state index contributed by atoms with van der Waals surface area (Å²) in [5.74, 6) is -1.03. The van der Waals surface area contributed by atoms with Crippen LogP contribution in [0.2, 0.25) is 0 Å². The van der Waals surface area contributed by atoms with Crippen molar-refractivity contribution in [1.29, 1.82) is 0 Å². The first kappa shape index (κ1) is 14.5. The van der Waals surface area contributed by atoms with Crippen LogP contribution >= 0.6 is 0 Å². The van der Waals surface area contributed by atoms with Gasteiger partial charge in [0.2, 0.25) is 10.0 Å². The number of benzene rings is 1. The summed E-state index contributed by atoms with van der Waals surface area (Å²) < 4.78 is 57.6. The number of sulfonamides is 1. The molecule has 9 heteroatoms. The fourth-order valence-electron chi connectivity index (χ4n) is 1.10. The van der Waals surface area contributed by atoms with Crippen LogP contribution in [0.1, 0.15) is 10.4 Å². The minimum Gasteiger partial charge on any atom is -0.343 e. The Morgan fingerprint density at radius 3 is 2.44 bits per heavy atom. The van der Waals surface area contributed by atoms with Crippen LogP contribution in [0.3, 0.4) is 0 Å². The van der Waals surface area contributed by atoms with E-state index in [4.69, 9.17) is 5.14 Å². The first-order chi connectivity index (χ1) is 8.09. The van der Waals surface area contributed by atoms with Gasteiger partial charge < -0.3 is 5.32 Å². The molecule has 18 heavy (non-hydrogen) atoms. The zero-order valence-corrected chi connectivity index (χ0v) is 9.68. The first-order valence-electron chi connectivity index (χ1n) is 4.57. The van der Waals surface area contributed by atoms with Crippen LogP contribution in [-0.2, 0) is 10.0 Å². The lowest BCUT2D eigenvalue weighted by Crippen LogP contribution is -2.33. The van der Waals surface area contributed by atoms with Gasteiger partial charge in [-0.2, -0.15) is 13.2 Å². The number of hydrogen-bond donors (Lipinski definition) is 2. The van der Waals surface area contributed by atoms with E-state index in [0.29, 0.717) is 0 Å². The molecule has 0 atom stereocenters. The number of hydrogen-bond acceptors (Lipinski definition) is 3. The summed E-state index contributed by atoms with van der Waals surface area (Å²) in [5.41, 5.74) is -0.217. The summed E-state index contributed by atoms with van der Waals surface area (Å²) in [4.78, 5) is 11.0. The van der Waals surface area contributed by atoms with Crippen molar-refractivity contribution in [2.24, 2.45) is 5.14 Å². The molecular formula is C9H9F3N2O3S. The molecule has 0 aromatic heterocycles. The highest BCUT2D eigenvalue weighted by Crippen LogP contribution is 2.13. The highest BCUT2D eigenvalue weighted by Gasteiger charge is 2.28. The fourth-order valence-corrected chi connectivity index (χ4v) is 1.66. The molecule has 1 aromatic rings. The van der Waals surface area contributed by atoms with Gasteiger partial charge in [-0.05, 0) is 18.2 Å². The minimum absolute atomic E-state index is 0.217. The van der Waals surface area contributed by atoms with Gasteiger partial charge in [0, 0.05) is 5.56 Å². The molecule has 0 aliphatic heterocycles. The van der Waals surface area contributed by atoms with Gasteiger partial charge in [-0.1, -0.05) is 6.07 Å². The van der Waals surface area contributed by atoms with Crippen molar-refractivity contribution in [1.82, 2.24) is 5.32 Å². The number of halogens is 3. The Labute approximate surface area is 101 Å². The van der Waals surface area contributed by atoms with E-state index in [1.165, 1.54) is 12.1 Å². The third-order valence-electron chi connectivity index (χ3n) is 1.87. The molecule has 0 unspecified atom stereocenters. The predicted molar refractivity (Wildman–Crippen MR) is 56.2 cm³/mol. The molecule has 100 valence electrons. The Morgan fingerprint density at radius 1 is 1.33 bits per heavy atom. The summed E-state index contributed by atoms with van der Waals surface area (Å²) in [6.45, 7) is -1.49. The van der Waals surface area contributed by atoms with Crippen molar-refractivity contribution in [2.75, 3.05) is 6.54 Å². The second kappa shape index (κ2) is 4.94. The lowest BCUT2D eigenvalue weighted by molar-refractivity contribution is -0.123. The minimum atomic E-state index is -4.53. The Balaban J connectivity index is 2.88. The van der Waals surface area contributed by atoms with Crippen molar-refractivity contribution in [3.63, 3.8) is 0 Å². The van der Waals surface area contributed by atoms with Crippen LogP contribution in [-0.4, -0.2) is 27.0 Å². The molecule has 0 bridgehead atoms. The highest BCUT2D eigenvalue weighted by molar-refractivity contribution is 7.89. The molecule has 5 nitrogen and oxygen atoms in total. The maximum absolute atomic E-state index is 11.9. The third kappa shape index (κ3) is 4.34. The molecule has 0 fully saturated rings. The molecule has 3 N–H and O–H groups in total. The molecule has 0 heterocycles. The Morgan fingerprint density at radius 2 is 1.94 bits per heavy atom. The maximum Gasteiger partial charge on any atom is 0.405 e. The first-order valence-corrected chi connectivity index (χ1v) is 6.12. The SMILES string of the molecule is NS(=O)(=O)c1cccc(C(=O)NCC(F)(F)F)c1. The normalized spacial score (nSPS) is 12.2. The largest absolute Gasteiger partial charge is 0.405 e. The third-order valence-corrected chi connectivity index (χ3v) is 2.79. The number of alkyl halides is 3.